The Balaban J connectivity index is 1.94. The van der Waals surface area contributed by atoms with Gasteiger partial charge in [0.05, 0.1) is 17.4 Å². The Morgan fingerprint density at radius 1 is 1.00 bits per heavy atom. The molecule has 0 aliphatic carbocycles. The van der Waals surface area contributed by atoms with Gasteiger partial charge in [0.25, 0.3) is 11.8 Å². The third-order valence-electron chi connectivity index (χ3n) is 3.85. The largest absolute Gasteiger partial charge is 0.459 e. The van der Waals surface area contributed by atoms with Gasteiger partial charge in [-0.25, -0.2) is 9.69 Å². The van der Waals surface area contributed by atoms with Crippen LogP contribution in [0.15, 0.2) is 59.3 Å². The van der Waals surface area contributed by atoms with E-state index in [1.165, 1.54) is 12.1 Å². The predicted molar refractivity (Wildman–Crippen MR) is 107 cm³/mol. The number of halogens is 2. The van der Waals surface area contributed by atoms with Crippen LogP contribution in [0.2, 0.25) is 5.02 Å². The average Bonchev–Trinajstić information content (AvgIpc) is 2.86. The highest BCUT2D eigenvalue weighted by Crippen LogP contribution is 2.32. The normalized spacial score (nSPS) is 14.1. The maximum atomic E-state index is 12.9. The van der Waals surface area contributed by atoms with Gasteiger partial charge in [-0.15, -0.1) is 0 Å². The van der Waals surface area contributed by atoms with Crippen LogP contribution in [0, 0.1) is 0 Å². The van der Waals surface area contributed by atoms with Crippen LogP contribution < -0.4 is 10.2 Å². The number of ether oxygens (including phenoxy) is 1. The molecular formula is C20H16Cl2N2O4. The number of para-hydroxylation sites is 1. The summed E-state index contributed by atoms with van der Waals surface area (Å²) in [5.74, 6) is -2.04. The van der Waals surface area contributed by atoms with E-state index in [2.05, 4.69) is 5.32 Å². The smallest absolute Gasteiger partial charge is 0.340 e. The lowest BCUT2D eigenvalue weighted by molar-refractivity contribution is -0.120. The van der Waals surface area contributed by atoms with Crippen molar-refractivity contribution in [2.45, 2.75) is 20.0 Å². The average molecular weight is 419 g/mol. The second kappa shape index (κ2) is 8.04. The zero-order chi connectivity index (χ0) is 20.4. The third kappa shape index (κ3) is 3.88. The van der Waals surface area contributed by atoms with Crippen molar-refractivity contribution in [2.24, 2.45) is 0 Å². The number of nitrogens with zero attached hydrogens (tertiary/aromatic N) is 1. The highest BCUT2D eigenvalue weighted by molar-refractivity contribution is 6.53. The van der Waals surface area contributed by atoms with Gasteiger partial charge in [-0.2, -0.15) is 0 Å². The van der Waals surface area contributed by atoms with Gasteiger partial charge in [-0.1, -0.05) is 35.3 Å². The monoisotopic (exact) mass is 418 g/mol. The molecule has 8 heteroatoms. The standard InChI is InChI=1S/C20H16Cl2N2O4/c1-11(2)28-20(27)14-5-3-4-6-15(14)24-18(25)16(22)17(19(24)26)23-13-9-7-12(21)8-10-13/h3-11,23H,1-2H3. The molecule has 2 amide bonds. The molecule has 0 fully saturated rings. The lowest BCUT2D eigenvalue weighted by Gasteiger charge is -2.19. The van der Waals surface area contributed by atoms with E-state index >= 15 is 0 Å². The van der Waals surface area contributed by atoms with E-state index in [4.69, 9.17) is 27.9 Å². The molecule has 6 nitrogen and oxygen atoms in total. The van der Waals surface area contributed by atoms with Crippen LogP contribution in [-0.2, 0) is 14.3 Å². The Morgan fingerprint density at radius 3 is 2.29 bits per heavy atom. The number of amides is 2. The number of imide groups is 1. The quantitative estimate of drug-likeness (QED) is 0.577. The zero-order valence-corrected chi connectivity index (χ0v) is 16.5. The van der Waals surface area contributed by atoms with Crippen molar-refractivity contribution < 1.29 is 19.1 Å². The Labute approximate surface area is 171 Å². The minimum Gasteiger partial charge on any atom is -0.459 e. The molecule has 0 spiro atoms. The van der Waals surface area contributed by atoms with E-state index in [9.17, 15) is 14.4 Å². The van der Waals surface area contributed by atoms with Gasteiger partial charge in [0.15, 0.2) is 0 Å². The second-order valence-corrected chi connectivity index (χ2v) is 7.05. The summed E-state index contributed by atoms with van der Waals surface area (Å²) in [5.41, 5.74) is 0.651. The maximum Gasteiger partial charge on any atom is 0.340 e. The number of hydrogen-bond acceptors (Lipinski definition) is 5. The molecule has 1 aliphatic rings. The van der Waals surface area contributed by atoms with Gasteiger partial charge >= 0.3 is 5.97 Å². The van der Waals surface area contributed by atoms with Gasteiger partial charge in [-0.05, 0) is 50.2 Å². The minimum absolute atomic E-state index is 0.0824. The summed E-state index contributed by atoms with van der Waals surface area (Å²) in [5, 5.41) is 3.09. The SMILES string of the molecule is CC(C)OC(=O)c1ccccc1N1C(=O)C(Cl)=C(Nc2ccc(Cl)cc2)C1=O. The van der Waals surface area contributed by atoms with Gasteiger partial charge in [0, 0.05) is 10.7 Å². The summed E-state index contributed by atoms with van der Waals surface area (Å²) in [6, 6.07) is 12.8. The molecule has 28 heavy (non-hydrogen) atoms. The van der Waals surface area contributed by atoms with Crippen LogP contribution in [0.5, 0.6) is 0 Å². The lowest BCUT2D eigenvalue weighted by Crippen LogP contribution is -2.33. The van der Waals surface area contributed by atoms with Crippen LogP contribution in [0.4, 0.5) is 11.4 Å². The Bertz CT molecular complexity index is 984. The first-order valence-electron chi connectivity index (χ1n) is 8.40. The molecule has 0 saturated heterocycles. The molecule has 0 bridgehead atoms. The molecule has 0 radical (unpaired) electrons. The number of benzene rings is 2. The minimum atomic E-state index is -0.729. The summed E-state index contributed by atoms with van der Waals surface area (Å²) in [4.78, 5) is 38.8. The van der Waals surface area contributed by atoms with Crippen molar-refractivity contribution in [3.8, 4) is 0 Å². The molecular weight excluding hydrogens is 403 g/mol. The Hall–Kier alpha value is -2.83. The summed E-state index contributed by atoms with van der Waals surface area (Å²) in [7, 11) is 0. The zero-order valence-electron chi connectivity index (χ0n) is 15.0. The van der Waals surface area contributed by atoms with Crippen LogP contribution in [-0.4, -0.2) is 23.9 Å². The fourth-order valence-electron chi connectivity index (χ4n) is 2.63. The van der Waals surface area contributed by atoms with Crippen LogP contribution in [0.25, 0.3) is 0 Å². The molecule has 0 saturated carbocycles. The predicted octanol–water partition coefficient (Wildman–Crippen LogP) is 4.34. The number of anilines is 2. The molecule has 2 aromatic rings. The van der Waals surface area contributed by atoms with Gasteiger partial charge in [0.1, 0.15) is 10.7 Å². The van der Waals surface area contributed by atoms with Crippen molar-refractivity contribution in [3.63, 3.8) is 0 Å². The van der Waals surface area contributed by atoms with E-state index in [0.29, 0.717) is 10.7 Å². The Morgan fingerprint density at radius 2 is 1.64 bits per heavy atom. The number of nitrogens with one attached hydrogen (secondary N) is 1. The molecule has 3 rings (SSSR count). The van der Waals surface area contributed by atoms with E-state index in [1.54, 1.807) is 50.2 Å². The first kappa shape index (κ1) is 19.9. The molecule has 2 aromatic carbocycles. The first-order valence-corrected chi connectivity index (χ1v) is 9.16. The molecule has 0 atom stereocenters. The highest BCUT2D eigenvalue weighted by atomic mass is 35.5. The summed E-state index contributed by atoms with van der Waals surface area (Å²) in [6.45, 7) is 3.42. The van der Waals surface area contributed by atoms with Crippen molar-refractivity contribution in [2.75, 3.05) is 10.2 Å². The number of carbonyl (C=O) groups is 3. The van der Waals surface area contributed by atoms with E-state index in [1.807, 2.05) is 0 Å². The molecule has 0 unspecified atom stereocenters. The second-order valence-electron chi connectivity index (χ2n) is 6.24. The third-order valence-corrected chi connectivity index (χ3v) is 4.45. The van der Waals surface area contributed by atoms with Crippen molar-refractivity contribution in [1.29, 1.82) is 0 Å². The summed E-state index contributed by atoms with van der Waals surface area (Å²) < 4.78 is 5.20. The van der Waals surface area contributed by atoms with E-state index in [0.717, 1.165) is 4.90 Å². The molecule has 1 N–H and O–H groups in total. The van der Waals surface area contributed by atoms with Crippen LogP contribution in [0.3, 0.4) is 0 Å². The Kier molecular flexibility index (Phi) is 5.72. The number of esters is 1. The van der Waals surface area contributed by atoms with Gasteiger partial charge in [-0.3, -0.25) is 9.59 Å². The maximum absolute atomic E-state index is 12.9. The fourth-order valence-corrected chi connectivity index (χ4v) is 2.97. The number of hydrogen-bond donors (Lipinski definition) is 1. The summed E-state index contributed by atoms with van der Waals surface area (Å²) >= 11 is 12.0. The molecule has 144 valence electrons. The first-order chi connectivity index (χ1) is 13.3. The van der Waals surface area contributed by atoms with Crippen molar-refractivity contribution >= 4 is 52.4 Å². The molecule has 1 heterocycles. The van der Waals surface area contributed by atoms with Crippen LogP contribution in [0.1, 0.15) is 24.2 Å². The molecule has 1 aliphatic heterocycles. The number of carbonyl (C=O) groups excluding carboxylic acids is 3. The fraction of sp³-hybridized carbons (Fsp3) is 0.150. The van der Waals surface area contributed by atoms with E-state index in [-0.39, 0.29) is 28.1 Å². The summed E-state index contributed by atoms with van der Waals surface area (Å²) in [6.07, 6.45) is -0.352. The van der Waals surface area contributed by atoms with Gasteiger partial charge in [0.2, 0.25) is 0 Å². The lowest BCUT2D eigenvalue weighted by atomic mass is 10.1. The topological polar surface area (TPSA) is 75.7 Å². The van der Waals surface area contributed by atoms with Crippen LogP contribution >= 0.6 is 23.2 Å². The van der Waals surface area contributed by atoms with Crippen molar-refractivity contribution in [1.82, 2.24) is 0 Å². The highest BCUT2D eigenvalue weighted by Gasteiger charge is 2.40. The van der Waals surface area contributed by atoms with Crippen molar-refractivity contribution in [3.05, 3.63) is 69.8 Å². The molecule has 0 aromatic heterocycles. The van der Waals surface area contributed by atoms with E-state index < -0.39 is 17.8 Å². The van der Waals surface area contributed by atoms with Gasteiger partial charge < -0.3 is 10.1 Å². The number of rotatable bonds is 5.